The second-order valence-electron chi connectivity index (χ2n) is 10.8. The number of ether oxygens (including phenoxy) is 4. The van der Waals surface area contributed by atoms with Crippen LogP contribution in [0.2, 0.25) is 0 Å². The monoisotopic (exact) mass is 589 g/mol. The van der Waals surface area contributed by atoms with E-state index in [-0.39, 0.29) is 12.4 Å². The molecule has 1 aliphatic heterocycles. The molecular weight excluding hydrogens is 541 g/mol. The summed E-state index contributed by atoms with van der Waals surface area (Å²) >= 11 is 0. The fourth-order valence-electron chi connectivity index (χ4n) is 5.47. The van der Waals surface area contributed by atoms with E-state index in [0.29, 0.717) is 68.5 Å². The SMILES string of the molecule is CCN1CCCC1CNc1nc(NCC2CCCCC2)nc(Nc2ccc(OCCOCCOCCOC)c(F)c2)n1. The minimum absolute atomic E-state index is 0.158. The molecule has 1 aliphatic carbocycles. The van der Waals surface area contributed by atoms with E-state index in [4.69, 9.17) is 18.9 Å². The third-order valence-electron chi connectivity index (χ3n) is 7.79. The molecule has 2 aromatic rings. The van der Waals surface area contributed by atoms with Gasteiger partial charge in [-0.05, 0) is 56.8 Å². The van der Waals surface area contributed by atoms with Crippen molar-refractivity contribution in [3.63, 3.8) is 0 Å². The van der Waals surface area contributed by atoms with Crippen molar-refractivity contribution in [3.8, 4) is 5.75 Å². The lowest BCUT2D eigenvalue weighted by atomic mass is 9.89. The molecule has 12 heteroatoms. The van der Waals surface area contributed by atoms with E-state index in [0.717, 1.165) is 32.6 Å². The molecule has 0 bridgehead atoms. The molecular formula is C30H48FN7O4. The molecule has 1 aromatic carbocycles. The molecule has 1 unspecified atom stereocenters. The Balaban J connectivity index is 1.32. The van der Waals surface area contributed by atoms with Gasteiger partial charge in [0, 0.05) is 38.0 Å². The van der Waals surface area contributed by atoms with E-state index in [1.807, 2.05) is 0 Å². The summed E-state index contributed by atoms with van der Waals surface area (Å²) in [6.07, 6.45) is 8.70. The molecule has 1 aromatic heterocycles. The zero-order chi connectivity index (χ0) is 29.4. The van der Waals surface area contributed by atoms with Gasteiger partial charge in [0.1, 0.15) is 6.61 Å². The number of anilines is 4. The van der Waals surface area contributed by atoms with Crippen molar-refractivity contribution in [2.24, 2.45) is 5.92 Å². The zero-order valence-electron chi connectivity index (χ0n) is 25.2. The Morgan fingerprint density at radius 2 is 1.52 bits per heavy atom. The van der Waals surface area contributed by atoms with E-state index in [1.54, 1.807) is 19.2 Å². The van der Waals surface area contributed by atoms with Gasteiger partial charge in [-0.2, -0.15) is 15.0 Å². The third kappa shape index (κ3) is 10.8. The fraction of sp³-hybridized carbons (Fsp3) is 0.700. The predicted molar refractivity (Wildman–Crippen MR) is 162 cm³/mol. The number of methoxy groups -OCH3 is 1. The maximum absolute atomic E-state index is 14.8. The number of nitrogens with one attached hydrogen (secondary N) is 3. The minimum atomic E-state index is -0.480. The Bertz CT molecular complexity index is 1060. The van der Waals surface area contributed by atoms with Crippen LogP contribution in [0.5, 0.6) is 5.75 Å². The van der Waals surface area contributed by atoms with E-state index in [2.05, 4.69) is 42.7 Å². The van der Waals surface area contributed by atoms with E-state index < -0.39 is 5.82 Å². The molecule has 2 heterocycles. The lowest BCUT2D eigenvalue weighted by Crippen LogP contribution is -2.35. The standard InChI is InChI=1S/C30H48FN7O4/c1-3-38-13-7-10-25(38)22-33-29-35-28(32-21-23-8-5-4-6-9-23)36-30(37-29)34-24-11-12-27(26(31)20-24)42-19-18-41-17-16-40-15-14-39-2/h11-12,20,23,25H,3-10,13-19,21-22H2,1-2H3,(H3,32,33,34,35,36,37). The van der Waals surface area contributed by atoms with Crippen LogP contribution >= 0.6 is 0 Å². The highest BCUT2D eigenvalue weighted by Gasteiger charge is 2.23. The average molecular weight is 590 g/mol. The van der Waals surface area contributed by atoms with Gasteiger partial charge in [-0.1, -0.05) is 26.2 Å². The minimum Gasteiger partial charge on any atom is -0.488 e. The first kappa shape index (κ1) is 32.1. The van der Waals surface area contributed by atoms with Crippen molar-refractivity contribution in [1.82, 2.24) is 19.9 Å². The number of hydrogen-bond donors (Lipinski definition) is 3. The Kier molecular flexibility index (Phi) is 13.8. The van der Waals surface area contributed by atoms with Gasteiger partial charge in [-0.15, -0.1) is 0 Å². The highest BCUT2D eigenvalue weighted by molar-refractivity contribution is 5.57. The molecule has 11 nitrogen and oxygen atoms in total. The second-order valence-corrected chi connectivity index (χ2v) is 10.8. The third-order valence-corrected chi connectivity index (χ3v) is 7.79. The van der Waals surface area contributed by atoms with Crippen LogP contribution in [0.1, 0.15) is 51.9 Å². The van der Waals surface area contributed by atoms with Crippen molar-refractivity contribution in [2.45, 2.75) is 57.9 Å². The zero-order valence-corrected chi connectivity index (χ0v) is 25.2. The van der Waals surface area contributed by atoms with Crippen LogP contribution in [0.3, 0.4) is 0 Å². The second kappa shape index (κ2) is 18.0. The average Bonchev–Trinajstić information content (AvgIpc) is 3.47. The van der Waals surface area contributed by atoms with E-state index >= 15 is 0 Å². The first-order valence-corrected chi connectivity index (χ1v) is 15.5. The molecule has 1 saturated carbocycles. The summed E-state index contributed by atoms with van der Waals surface area (Å²) in [5.41, 5.74) is 0.521. The maximum Gasteiger partial charge on any atom is 0.233 e. The highest BCUT2D eigenvalue weighted by Crippen LogP contribution is 2.26. The Morgan fingerprint density at radius 3 is 2.24 bits per heavy atom. The summed E-state index contributed by atoms with van der Waals surface area (Å²) in [5.74, 6) is 1.68. The van der Waals surface area contributed by atoms with Crippen molar-refractivity contribution in [1.29, 1.82) is 0 Å². The molecule has 0 spiro atoms. The largest absolute Gasteiger partial charge is 0.488 e. The number of aromatic nitrogens is 3. The summed E-state index contributed by atoms with van der Waals surface area (Å²) in [6.45, 7) is 8.52. The number of halogens is 1. The van der Waals surface area contributed by atoms with Crippen LogP contribution < -0.4 is 20.7 Å². The molecule has 0 radical (unpaired) electrons. The number of likely N-dealkylation sites (tertiary alicyclic amines) is 1. The smallest absolute Gasteiger partial charge is 0.233 e. The van der Waals surface area contributed by atoms with Gasteiger partial charge in [0.05, 0.1) is 33.0 Å². The number of likely N-dealkylation sites (N-methyl/N-ethyl adjacent to an activating group) is 1. The van der Waals surface area contributed by atoms with Gasteiger partial charge in [0.25, 0.3) is 0 Å². The quantitative estimate of drug-likeness (QED) is 0.198. The molecule has 3 N–H and O–H groups in total. The number of benzene rings is 1. The van der Waals surface area contributed by atoms with Gasteiger partial charge in [0.2, 0.25) is 17.8 Å². The molecule has 2 aliphatic rings. The van der Waals surface area contributed by atoms with Crippen LogP contribution in [0.25, 0.3) is 0 Å². The number of nitrogens with zero attached hydrogens (tertiary/aromatic N) is 4. The Morgan fingerprint density at radius 1 is 0.833 bits per heavy atom. The van der Waals surface area contributed by atoms with Crippen LogP contribution in [0.4, 0.5) is 27.9 Å². The first-order chi connectivity index (χ1) is 20.6. The van der Waals surface area contributed by atoms with Gasteiger partial charge < -0.3 is 34.9 Å². The summed E-state index contributed by atoms with van der Waals surface area (Å²) in [5, 5.41) is 10.00. The first-order valence-electron chi connectivity index (χ1n) is 15.5. The van der Waals surface area contributed by atoms with Crippen LogP contribution in [0, 0.1) is 11.7 Å². The fourth-order valence-corrected chi connectivity index (χ4v) is 5.47. The molecule has 4 rings (SSSR count). The van der Waals surface area contributed by atoms with Crippen molar-refractivity contribution in [2.75, 3.05) is 88.9 Å². The van der Waals surface area contributed by atoms with E-state index in [9.17, 15) is 4.39 Å². The number of hydrogen-bond acceptors (Lipinski definition) is 11. The van der Waals surface area contributed by atoms with Crippen molar-refractivity contribution >= 4 is 23.5 Å². The molecule has 234 valence electrons. The maximum atomic E-state index is 14.8. The molecule has 1 saturated heterocycles. The Labute approximate surface area is 249 Å². The van der Waals surface area contributed by atoms with Crippen molar-refractivity contribution in [3.05, 3.63) is 24.0 Å². The molecule has 2 fully saturated rings. The normalized spacial score (nSPS) is 17.8. The molecule has 0 amide bonds. The summed E-state index contributed by atoms with van der Waals surface area (Å²) in [4.78, 5) is 16.3. The topological polar surface area (TPSA) is 115 Å². The summed E-state index contributed by atoms with van der Waals surface area (Å²) in [6, 6.07) is 5.17. The van der Waals surface area contributed by atoms with Crippen molar-refractivity contribution < 1.29 is 23.3 Å². The van der Waals surface area contributed by atoms with Gasteiger partial charge in [0.15, 0.2) is 11.6 Å². The van der Waals surface area contributed by atoms with Crippen LogP contribution in [0.15, 0.2) is 18.2 Å². The predicted octanol–water partition coefficient (Wildman–Crippen LogP) is 4.70. The highest BCUT2D eigenvalue weighted by atomic mass is 19.1. The van der Waals surface area contributed by atoms with Gasteiger partial charge >= 0.3 is 0 Å². The molecule has 42 heavy (non-hydrogen) atoms. The van der Waals surface area contributed by atoms with Gasteiger partial charge in [-0.25, -0.2) is 4.39 Å². The van der Waals surface area contributed by atoms with Crippen LogP contribution in [-0.4, -0.2) is 98.8 Å². The van der Waals surface area contributed by atoms with E-state index in [1.165, 1.54) is 44.6 Å². The molecule has 1 atom stereocenters. The lowest BCUT2D eigenvalue weighted by molar-refractivity contribution is 0.0177. The summed E-state index contributed by atoms with van der Waals surface area (Å²) < 4.78 is 36.1. The Hall–Kier alpha value is -2.80. The summed E-state index contributed by atoms with van der Waals surface area (Å²) in [7, 11) is 1.63. The van der Waals surface area contributed by atoms with Gasteiger partial charge in [-0.3, -0.25) is 4.90 Å². The lowest BCUT2D eigenvalue weighted by Gasteiger charge is -2.23. The van der Waals surface area contributed by atoms with Crippen LogP contribution in [-0.2, 0) is 14.2 Å². The number of rotatable bonds is 19.